The number of benzene rings is 1. The lowest BCUT2D eigenvalue weighted by Gasteiger charge is -2.02. The zero-order valence-electron chi connectivity index (χ0n) is 8.17. The molecule has 0 aliphatic heterocycles. The van der Waals surface area contributed by atoms with Crippen LogP contribution in [0.5, 0.6) is 0 Å². The number of rotatable bonds is 2. The van der Waals surface area contributed by atoms with E-state index in [-0.39, 0.29) is 5.78 Å². The molecule has 2 nitrogen and oxygen atoms in total. The van der Waals surface area contributed by atoms with Gasteiger partial charge in [0, 0.05) is 16.3 Å². The summed E-state index contributed by atoms with van der Waals surface area (Å²) in [6.45, 7) is 3.73. The Bertz CT molecular complexity index is 392. The largest absolute Gasteiger partial charge is 0.398 e. The Balaban J connectivity index is 3.08. The highest BCUT2D eigenvalue weighted by Gasteiger charge is 2.06. The maximum atomic E-state index is 11.6. The lowest BCUT2D eigenvalue weighted by atomic mass is 10.1. The topological polar surface area (TPSA) is 43.1 Å². The minimum absolute atomic E-state index is 0.0841. The van der Waals surface area contributed by atoms with E-state index in [9.17, 15) is 4.79 Å². The van der Waals surface area contributed by atoms with Crippen LogP contribution in [0.25, 0.3) is 0 Å². The zero-order valence-corrected chi connectivity index (χ0v) is 8.93. The first kappa shape index (κ1) is 10.8. The molecule has 2 N–H and O–H groups in total. The second-order valence-corrected chi connectivity index (χ2v) is 3.75. The lowest BCUT2D eigenvalue weighted by Crippen LogP contribution is -2.00. The summed E-state index contributed by atoms with van der Waals surface area (Å²) in [5.74, 6) is -0.0841. The van der Waals surface area contributed by atoms with Crippen molar-refractivity contribution in [2.45, 2.75) is 13.8 Å². The van der Waals surface area contributed by atoms with Gasteiger partial charge in [0.15, 0.2) is 5.78 Å². The standard InChI is InChI=1S/C11H12ClNO/c1-7(2)5-11(14)9-4-3-8(12)6-10(9)13/h3-6H,13H2,1-2H3. The molecular weight excluding hydrogens is 198 g/mol. The van der Waals surface area contributed by atoms with Crippen LogP contribution in [0.15, 0.2) is 29.8 Å². The molecule has 1 aromatic carbocycles. The van der Waals surface area contributed by atoms with E-state index in [1.807, 2.05) is 13.8 Å². The van der Waals surface area contributed by atoms with Gasteiger partial charge in [-0.3, -0.25) is 4.79 Å². The maximum Gasteiger partial charge on any atom is 0.187 e. The number of anilines is 1. The molecule has 0 amide bonds. The highest BCUT2D eigenvalue weighted by Crippen LogP contribution is 2.19. The van der Waals surface area contributed by atoms with Gasteiger partial charge in [0.25, 0.3) is 0 Å². The predicted molar refractivity (Wildman–Crippen MR) is 59.6 cm³/mol. The van der Waals surface area contributed by atoms with Crippen molar-refractivity contribution >= 4 is 23.1 Å². The molecule has 0 saturated heterocycles. The van der Waals surface area contributed by atoms with Crippen molar-refractivity contribution in [1.29, 1.82) is 0 Å². The first-order chi connectivity index (χ1) is 6.50. The molecule has 0 bridgehead atoms. The summed E-state index contributed by atoms with van der Waals surface area (Å²) in [6.07, 6.45) is 1.56. The van der Waals surface area contributed by atoms with Crippen LogP contribution in [-0.2, 0) is 0 Å². The molecule has 74 valence electrons. The summed E-state index contributed by atoms with van der Waals surface area (Å²) in [7, 11) is 0. The van der Waals surface area contributed by atoms with Crippen LogP contribution >= 0.6 is 11.6 Å². The molecule has 0 saturated carbocycles. The molecule has 0 radical (unpaired) electrons. The van der Waals surface area contributed by atoms with Crippen LogP contribution < -0.4 is 5.73 Å². The highest BCUT2D eigenvalue weighted by atomic mass is 35.5. The predicted octanol–water partition coefficient (Wildman–Crippen LogP) is 3.07. The normalized spacial score (nSPS) is 9.64. The maximum absolute atomic E-state index is 11.6. The highest BCUT2D eigenvalue weighted by molar-refractivity contribution is 6.31. The molecule has 0 unspecified atom stereocenters. The summed E-state index contributed by atoms with van der Waals surface area (Å²) >= 11 is 5.72. The first-order valence-corrected chi connectivity index (χ1v) is 4.63. The van der Waals surface area contributed by atoms with Crippen molar-refractivity contribution in [3.8, 4) is 0 Å². The van der Waals surface area contributed by atoms with E-state index in [2.05, 4.69) is 0 Å². The van der Waals surface area contributed by atoms with E-state index in [4.69, 9.17) is 17.3 Å². The number of nitrogens with two attached hydrogens (primary N) is 1. The van der Waals surface area contributed by atoms with E-state index in [1.165, 1.54) is 0 Å². The van der Waals surface area contributed by atoms with Crippen LogP contribution in [0.2, 0.25) is 5.02 Å². The Morgan fingerprint density at radius 3 is 2.57 bits per heavy atom. The average molecular weight is 210 g/mol. The van der Waals surface area contributed by atoms with E-state index in [1.54, 1.807) is 24.3 Å². The third-order valence-electron chi connectivity index (χ3n) is 1.70. The van der Waals surface area contributed by atoms with Crippen molar-refractivity contribution in [3.63, 3.8) is 0 Å². The van der Waals surface area contributed by atoms with Crippen LogP contribution in [0.1, 0.15) is 24.2 Å². The molecule has 0 aliphatic carbocycles. The Morgan fingerprint density at radius 2 is 2.07 bits per heavy atom. The molecule has 0 heterocycles. The van der Waals surface area contributed by atoms with Gasteiger partial charge >= 0.3 is 0 Å². The van der Waals surface area contributed by atoms with Gasteiger partial charge in [0.2, 0.25) is 0 Å². The van der Waals surface area contributed by atoms with E-state index >= 15 is 0 Å². The van der Waals surface area contributed by atoms with Gasteiger partial charge in [-0.1, -0.05) is 17.2 Å². The van der Waals surface area contributed by atoms with Crippen LogP contribution in [-0.4, -0.2) is 5.78 Å². The molecule has 0 atom stereocenters. The van der Waals surface area contributed by atoms with Crippen molar-refractivity contribution < 1.29 is 4.79 Å². The van der Waals surface area contributed by atoms with Crippen molar-refractivity contribution in [3.05, 3.63) is 40.4 Å². The number of halogens is 1. The molecule has 3 heteroatoms. The quantitative estimate of drug-likeness (QED) is 0.462. The van der Waals surface area contributed by atoms with Gasteiger partial charge in [-0.25, -0.2) is 0 Å². The van der Waals surface area contributed by atoms with Crippen molar-refractivity contribution in [2.24, 2.45) is 0 Å². The molecule has 0 fully saturated rings. The average Bonchev–Trinajstić information content (AvgIpc) is 2.01. The van der Waals surface area contributed by atoms with Crippen molar-refractivity contribution in [1.82, 2.24) is 0 Å². The number of allylic oxidation sites excluding steroid dienone is 2. The number of ketones is 1. The smallest absolute Gasteiger partial charge is 0.187 e. The number of hydrogen-bond acceptors (Lipinski definition) is 2. The zero-order chi connectivity index (χ0) is 10.7. The summed E-state index contributed by atoms with van der Waals surface area (Å²) in [4.78, 5) is 11.6. The van der Waals surface area contributed by atoms with Crippen LogP contribution in [0, 0.1) is 0 Å². The van der Waals surface area contributed by atoms with Crippen molar-refractivity contribution in [2.75, 3.05) is 5.73 Å². The SMILES string of the molecule is CC(C)=CC(=O)c1ccc(Cl)cc1N. The fourth-order valence-electron chi connectivity index (χ4n) is 1.10. The molecule has 1 rings (SSSR count). The van der Waals surface area contributed by atoms with Crippen LogP contribution in [0.4, 0.5) is 5.69 Å². The van der Waals surface area contributed by atoms with Gasteiger partial charge in [-0.05, 0) is 38.1 Å². The second-order valence-electron chi connectivity index (χ2n) is 3.32. The third-order valence-corrected chi connectivity index (χ3v) is 1.93. The number of carbonyl (C=O) groups is 1. The Morgan fingerprint density at radius 1 is 1.43 bits per heavy atom. The van der Waals surface area contributed by atoms with Gasteiger partial charge in [0.1, 0.15) is 0 Å². The summed E-state index contributed by atoms with van der Waals surface area (Å²) in [5, 5.41) is 0.538. The van der Waals surface area contributed by atoms with Gasteiger partial charge in [-0.15, -0.1) is 0 Å². The minimum atomic E-state index is -0.0841. The fraction of sp³-hybridized carbons (Fsp3) is 0.182. The Hall–Kier alpha value is -1.28. The van der Waals surface area contributed by atoms with Gasteiger partial charge < -0.3 is 5.73 Å². The molecule has 0 aromatic heterocycles. The molecule has 14 heavy (non-hydrogen) atoms. The van der Waals surface area contributed by atoms with Crippen LogP contribution in [0.3, 0.4) is 0 Å². The van der Waals surface area contributed by atoms with E-state index in [0.717, 1.165) is 5.57 Å². The Kier molecular flexibility index (Phi) is 3.31. The lowest BCUT2D eigenvalue weighted by molar-refractivity contribution is 0.104. The second kappa shape index (κ2) is 4.29. The van der Waals surface area contributed by atoms with E-state index in [0.29, 0.717) is 16.3 Å². The minimum Gasteiger partial charge on any atom is -0.398 e. The first-order valence-electron chi connectivity index (χ1n) is 4.25. The summed E-state index contributed by atoms with van der Waals surface area (Å²) in [5.41, 5.74) is 7.52. The molecule has 0 aliphatic rings. The monoisotopic (exact) mass is 209 g/mol. The third kappa shape index (κ3) is 2.60. The number of hydrogen-bond donors (Lipinski definition) is 1. The van der Waals surface area contributed by atoms with E-state index < -0.39 is 0 Å². The molecular formula is C11H12ClNO. The summed E-state index contributed by atoms with van der Waals surface area (Å²) in [6, 6.07) is 4.87. The van der Waals surface area contributed by atoms with Gasteiger partial charge in [0.05, 0.1) is 0 Å². The van der Waals surface area contributed by atoms with Gasteiger partial charge in [-0.2, -0.15) is 0 Å². The number of nitrogen functional groups attached to an aromatic ring is 1. The Labute approximate surface area is 88.4 Å². The molecule has 0 spiro atoms. The fourth-order valence-corrected chi connectivity index (χ4v) is 1.28. The molecule has 1 aromatic rings. The number of carbonyl (C=O) groups excluding carboxylic acids is 1. The summed E-state index contributed by atoms with van der Waals surface area (Å²) < 4.78 is 0.